The molecule has 0 spiro atoms. The molecule has 0 atom stereocenters. The summed E-state index contributed by atoms with van der Waals surface area (Å²) in [4.78, 5) is 14.8. The quantitative estimate of drug-likeness (QED) is 0.403. The number of nitrogens with zero attached hydrogens (tertiary/aromatic N) is 4. The Balaban J connectivity index is 1.45. The summed E-state index contributed by atoms with van der Waals surface area (Å²) in [5, 5.41) is 8.75. The van der Waals surface area contributed by atoms with Crippen LogP contribution in [-0.4, -0.2) is 31.6 Å². The summed E-state index contributed by atoms with van der Waals surface area (Å²) < 4.78 is 7.81. The normalized spacial score (nSPS) is 11.1. The van der Waals surface area contributed by atoms with Crippen LogP contribution in [0.25, 0.3) is 17.1 Å². The minimum absolute atomic E-state index is 0.00112. The Labute approximate surface area is 186 Å². The van der Waals surface area contributed by atoms with Gasteiger partial charge in [0.15, 0.2) is 0 Å². The van der Waals surface area contributed by atoms with Crippen molar-refractivity contribution in [2.75, 3.05) is 0 Å². The first-order valence-corrected chi connectivity index (χ1v) is 10.5. The fraction of sp³-hybridized carbons (Fsp3) is 0.208. The van der Waals surface area contributed by atoms with Gasteiger partial charge in [0, 0.05) is 24.1 Å². The maximum Gasteiger partial charge on any atom is 0.249 e. The number of benzene rings is 2. The molecule has 0 saturated carbocycles. The van der Waals surface area contributed by atoms with E-state index in [1.165, 1.54) is 0 Å². The molecule has 0 aliphatic heterocycles. The molecule has 0 aliphatic rings. The van der Waals surface area contributed by atoms with Gasteiger partial charge in [-0.25, -0.2) is 0 Å². The minimum Gasteiger partial charge on any atom is -0.419 e. The zero-order chi connectivity index (χ0) is 21.8. The van der Waals surface area contributed by atoms with Crippen molar-refractivity contribution in [1.29, 1.82) is 0 Å². The summed E-state index contributed by atoms with van der Waals surface area (Å²) >= 11 is 6.21. The van der Waals surface area contributed by atoms with Gasteiger partial charge in [0.1, 0.15) is 0 Å². The molecule has 0 aliphatic carbocycles. The molecule has 4 rings (SSSR count). The first kappa shape index (κ1) is 20.9. The molecule has 2 aromatic heterocycles. The van der Waals surface area contributed by atoms with Crippen LogP contribution in [0.3, 0.4) is 0 Å². The van der Waals surface area contributed by atoms with Crippen molar-refractivity contribution in [3.8, 4) is 17.1 Å². The molecule has 2 heterocycles. The maximum absolute atomic E-state index is 13.0. The van der Waals surface area contributed by atoms with Crippen LogP contribution in [0.4, 0.5) is 0 Å². The van der Waals surface area contributed by atoms with Crippen molar-refractivity contribution in [3.63, 3.8) is 0 Å². The molecule has 4 aromatic rings. The van der Waals surface area contributed by atoms with E-state index in [9.17, 15) is 4.79 Å². The monoisotopic (exact) mass is 434 g/mol. The molecule has 0 N–H and O–H groups in total. The predicted molar refractivity (Wildman–Crippen MR) is 120 cm³/mol. The van der Waals surface area contributed by atoms with Crippen LogP contribution < -0.4 is 0 Å². The third-order valence-corrected chi connectivity index (χ3v) is 5.34. The zero-order valence-corrected chi connectivity index (χ0v) is 18.2. The maximum atomic E-state index is 13.0. The van der Waals surface area contributed by atoms with E-state index in [-0.39, 0.29) is 18.5 Å². The van der Waals surface area contributed by atoms with Crippen LogP contribution in [0.2, 0.25) is 5.02 Å². The van der Waals surface area contributed by atoms with Gasteiger partial charge in [-0.3, -0.25) is 4.79 Å². The van der Waals surface area contributed by atoms with Crippen LogP contribution in [0, 0.1) is 0 Å². The molecule has 0 bridgehead atoms. The van der Waals surface area contributed by atoms with Crippen molar-refractivity contribution in [3.05, 3.63) is 89.5 Å². The number of carbonyl (C=O) groups is 1. The van der Waals surface area contributed by atoms with Gasteiger partial charge in [-0.05, 0) is 55.8 Å². The van der Waals surface area contributed by atoms with E-state index in [1.54, 1.807) is 11.0 Å². The molecule has 1 amide bonds. The summed E-state index contributed by atoms with van der Waals surface area (Å²) in [7, 11) is 0. The fourth-order valence-electron chi connectivity index (χ4n) is 3.33. The lowest BCUT2D eigenvalue weighted by atomic mass is 10.1. The highest BCUT2D eigenvalue weighted by Crippen LogP contribution is 2.26. The highest BCUT2D eigenvalue weighted by molar-refractivity contribution is 6.33. The molecule has 0 radical (unpaired) electrons. The molecule has 7 heteroatoms. The summed E-state index contributed by atoms with van der Waals surface area (Å²) in [6.07, 6.45) is 4.28. The van der Waals surface area contributed by atoms with Crippen molar-refractivity contribution in [2.45, 2.75) is 32.9 Å². The van der Waals surface area contributed by atoms with Crippen LogP contribution in [0.15, 0.2) is 77.5 Å². The lowest BCUT2D eigenvalue weighted by Crippen LogP contribution is -2.37. The summed E-state index contributed by atoms with van der Waals surface area (Å²) in [5.74, 6) is 0.721. The van der Waals surface area contributed by atoms with Gasteiger partial charge < -0.3 is 13.9 Å². The Hall–Kier alpha value is -3.38. The van der Waals surface area contributed by atoms with Gasteiger partial charge in [-0.2, -0.15) is 0 Å². The molecule has 0 fully saturated rings. The first-order chi connectivity index (χ1) is 15.0. The Bertz CT molecular complexity index is 1150. The summed E-state index contributed by atoms with van der Waals surface area (Å²) in [6.45, 7) is 4.19. The van der Waals surface area contributed by atoms with Crippen LogP contribution in [0.1, 0.15) is 25.3 Å². The first-order valence-electron chi connectivity index (χ1n) is 10.1. The summed E-state index contributed by atoms with van der Waals surface area (Å²) in [5.41, 5.74) is 2.68. The van der Waals surface area contributed by atoms with Gasteiger partial charge in [-0.1, -0.05) is 35.9 Å². The standard InChI is InChI=1S/C24H23ClN4O2/c1-17(2)29(16-22-26-27-24(31-22)20-7-3-4-8-21(20)25)23(30)15-18-9-11-19(12-10-18)28-13-5-6-14-28/h3-14,17H,15-16H2,1-2H3. The van der Waals surface area contributed by atoms with E-state index in [4.69, 9.17) is 16.0 Å². The van der Waals surface area contributed by atoms with E-state index in [0.29, 0.717) is 28.8 Å². The van der Waals surface area contributed by atoms with Crippen LogP contribution >= 0.6 is 11.6 Å². The van der Waals surface area contributed by atoms with E-state index < -0.39 is 0 Å². The fourth-order valence-corrected chi connectivity index (χ4v) is 3.55. The lowest BCUT2D eigenvalue weighted by Gasteiger charge is -2.25. The number of aromatic nitrogens is 3. The Morgan fingerprint density at radius 3 is 2.42 bits per heavy atom. The second kappa shape index (κ2) is 9.18. The Morgan fingerprint density at radius 1 is 1.03 bits per heavy atom. The topological polar surface area (TPSA) is 64.2 Å². The molecule has 6 nitrogen and oxygen atoms in total. The molecule has 2 aromatic carbocycles. The lowest BCUT2D eigenvalue weighted by molar-refractivity contribution is -0.133. The van der Waals surface area contributed by atoms with Gasteiger partial charge >= 0.3 is 0 Å². The largest absolute Gasteiger partial charge is 0.419 e. The van der Waals surface area contributed by atoms with E-state index in [1.807, 2.05) is 85.4 Å². The predicted octanol–water partition coefficient (Wildman–Crippen LogP) is 5.16. The third kappa shape index (κ3) is 4.86. The number of halogens is 1. The number of hydrogen-bond acceptors (Lipinski definition) is 4. The Kier molecular flexibility index (Phi) is 6.18. The van der Waals surface area contributed by atoms with Gasteiger partial charge in [-0.15, -0.1) is 10.2 Å². The van der Waals surface area contributed by atoms with Crippen LogP contribution in [-0.2, 0) is 17.8 Å². The molecule has 158 valence electrons. The third-order valence-electron chi connectivity index (χ3n) is 5.01. The molecule has 0 unspecified atom stereocenters. The minimum atomic E-state index is -0.0117. The SMILES string of the molecule is CC(C)N(Cc1nnc(-c2ccccc2Cl)o1)C(=O)Cc1ccc(-n2cccc2)cc1. The second-order valence-electron chi connectivity index (χ2n) is 7.53. The van der Waals surface area contributed by atoms with Crippen molar-refractivity contribution < 1.29 is 9.21 Å². The van der Waals surface area contributed by atoms with E-state index in [0.717, 1.165) is 11.3 Å². The van der Waals surface area contributed by atoms with E-state index >= 15 is 0 Å². The second-order valence-corrected chi connectivity index (χ2v) is 7.94. The van der Waals surface area contributed by atoms with Gasteiger partial charge in [0.2, 0.25) is 17.7 Å². The van der Waals surface area contributed by atoms with Crippen molar-refractivity contribution >= 4 is 17.5 Å². The molecule has 31 heavy (non-hydrogen) atoms. The van der Waals surface area contributed by atoms with Crippen molar-refractivity contribution in [1.82, 2.24) is 19.7 Å². The Morgan fingerprint density at radius 2 is 1.74 bits per heavy atom. The number of carbonyl (C=O) groups excluding carboxylic acids is 1. The van der Waals surface area contributed by atoms with Gasteiger partial charge in [0.25, 0.3) is 0 Å². The zero-order valence-electron chi connectivity index (χ0n) is 17.4. The highest BCUT2D eigenvalue weighted by atomic mass is 35.5. The molecular weight excluding hydrogens is 412 g/mol. The number of amides is 1. The average molecular weight is 435 g/mol. The summed E-state index contributed by atoms with van der Waals surface area (Å²) in [6, 6.07) is 19.2. The molecular formula is C24H23ClN4O2. The average Bonchev–Trinajstić information content (AvgIpc) is 3.45. The highest BCUT2D eigenvalue weighted by Gasteiger charge is 2.21. The van der Waals surface area contributed by atoms with Gasteiger partial charge in [0.05, 0.1) is 23.6 Å². The van der Waals surface area contributed by atoms with Crippen LogP contribution in [0.5, 0.6) is 0 Å². The molecule has 0 saturated heterocycles. The van der Waals surface area contributed by atoms with Crippen molar-refractivity contribution in [2.24, 2.45) is 0 Å². The number of hydrogen-bond donors (Lipinski definition) is 0. The van der Waals surface area contributed by atoms with E-state index in [2.05, 4.69) is 10.2 Å². The smallest absolute Gasteiger partial charge is 0.249 e. The number of rotatable bonds is 7.